The molecular formula is C15H26ClN3O2. The van der Waals surface area contributed by atoms with Gasteiger partial charge in [-0.1, -0.05) is 12.1 Å². The summed E-state index contributed by atoms with van der Waals surface area (Å²) in [5, 5.41) is 7.28. The van der Waals surface area contributed by atoms with E-state index in [2.05, 4.69) is 22.3 Å². The Morgan fingerprint density at radius 2 is 2.05 bits per heavy atom. The van der Waals surface area contributed by atoms with Crippen LogP contribution >= 0.6 is 12.4 Å². The molecule has 2 heterocycles. The highest BCUT2D eigenvalue weighted by Gasteiger charge is 2.26. The molecule has 5 nitrogen and oxygen atoms in total. The summed E-state index contributed by atoms with van der Waals surface area (Å²) in [6, 6.07) is 0.379. The first-order chi connectivity index (χ1) is 9.63. The fraction of sp³-hybridized carbons (Fsp3) is 0.733. The van der Waals surface area contributed by atoms with Crippen LogP contribution in [-0.4, -0.2) is 41.6 Å². The molecule has 0 unspecified atom stereocenters. The summed E-state index contributed by atoms with van der Waals surface area (Å²) in [4.78, 5) is 14.7. The van der Waals surface area contributed by atoms with Crippen LogP contribution < -0.4 is 5.32 Å². The molecule has 0 saturated carbocycles. The molecule has 1 fully saturated rings. The number of nitrogens with one attached hydrogen (secondary N) is 1. The predicted octanol–water partition coefficient (Wildman–Crippen LogP) is 2.25. The number of halogens is 1. The highest BCUT2D eigenvalue weighted by atomic mass is 35.5. The van der Waals surface area contributed by atoms with E-state index in [1.54, 1.807) is 0 Å². The standard InChI is InChI=1S/C15H25N3O2.ClH/c1-4-9-18(13-5-7-16-8-6-13)15(19)10-14-11(2)17-20-12(14)3;/h13,16H,4-10H2,1-3H3;1H. The second kappa shape index (κ2) is 8.39. The molecule has 1 aromatic rings. The molecule has 1 aliphatic heterocycles. The summed E-state index contributed by atoms with van der Waals surface area (Å²) in [5.74, 6) is 0.964. The minimum absolute atomic E-state index is 0. The molecule has 0 bridgehead atoms. The molecule has 0 radical (unpaired) electrons. The number of hydrogen-bond acceptors (Lipinski definition) is 4. The molecular weight excluding hydrogens is 290 g/mol. The highest BCUT2D eigenvalue weighted by molar-refractivity contribution is 5.85. The lowest BCUT2D eigenvalue weighted by atomic mass is 10.0. The molecule has 0 spiro atoms. The number of carbonyl (C=O) groups is 1. The fourth-order valence-electron chi connectivity index (χ4n) is 2.88. The first kappa shape index (κ1) is 18.0. The van der Waals surface area contributed by atoms with E-state index in [0.29, 0.717) is 12.5 Å². The number of aromatic nitrogens is 1. The summed E-state index contributed by atoms with van der Waals surface area (Å²) in [5.41, 5.74) is 1.78. The van der Waals surface area contributed by atoms with Crippen LogP contribution in [0.5, 0.6) is 0 Å². The van der Waals surface area contributed by atoms with Gasteiger partial charge in [0.25, 0.3) is 0 Å². The third-order valence-electron chi connectivity index (χ3n) is 4.04. The van der Waals surface area contributed by atoms with E-state index in [-0.39, 0.29) is 18.3 Å². The maximum atomic E-state index is 12.6. The Morgan fingerprint density at radius 3 is 2.57 bits per heavy atom. The van der Waals surface area contributed by atoms with E-state index in [0.717, 1.165) is 55.9 Å². The zero-order valence-electron chi connectivity index (χ0n) is 13.1. The minimum atomic E-state index is 0. The quantitative estimate of drug-likeness (QED) is 0.905. The van der Waals surface area contributed by atoms with Crippen molar-refractivity contribution < 1.29 is 9.32 Å². The van der Waals surface area contributed by atoms with Crippen LogP contribution in [0.2, 0.25) is 0 Å². The van der Waals surface area contributed by atoms with Gasteiger partial charge in [0.1, 0.15) is 5.76 Å². The molecule has 21 heavy (non-hydrogen) atoms. The van der Waals surface area contributed by atoms with Gasteiger partial charge in [-0.15, -0.1) is 12.4 Å². The van der Waals surface area contributed by atoms with Crippen molar-refractivity contribution in [2.24, 2.45) is 0 Å². The van der Waals surface area contributed by atoms with E-state index in [9.17, 15) is 4.79 Å². The van der Waals surface area contributed by atoms with E-state index >= 15 is 0 Å². The highest BCUT2D eigenvalue weighted by Crippen LogP contribution is 2.18. The number of piperidine rings is 1. The molecule has 1 N–H and O–H groups in total. The van der Waals surface area contributed by atoms with Crippen LogP contribution in [0.25, 0.3) is 0 Å². The van der Waals surface area contributed by atoms with Crippen molar-refractivity contribution in [3.8, 4) is 0 Å². The molecule has 0 aromatic carbocycles. The maximum absolute atomic E-state index is 12.6. The van der Waals surface area contributed by atoms with Gasteiger partial charge in [-0.25, -0.2) is 0 Å². The minimum Gasteiger partial charge on any atom is -0.361 e. The summed E-state index contributed by atoms with van der Waals surface area (Å²) < 4.78 is 5.15. The van der Waals surface area contributed by atoms with E-state index in [1.807, 2.05) is 13.8 Å². The predicted molar refractivity (Wildman–Crippen MR) is 84.8 cm³/mol. The third kappa shape index (κ3) is 4.45. The molecule has 1 saturated heterocycles. The van der Waals surface area contributed by atoms with Gasteiger partial charge in [-0.3, -0.25) is 4.79 Å². The summed E-state index contributed by atoms with van der Waals surface area (Å²) in [7, 11) is 0. The second-order valence-electron chi connectivity index (χ2n) is 5.55. The molecule has 0 aliphatic carbocycles. The Morgan fingerprint density at radius 1 is 1.38 bits per heavy atom. The van der Waals surface area contributed by atoms with Gasteiger partial charge < -0.3 is 14.7 Å². The van der Waals surface area contributed by atoms with Crippen LogP contribution in [0.15, 0.2) is 4.52 Å². The van der Waals surface area contributed by atoms with Crippen molar-refractivity contribution in [2.45, 2.75) is 52.5 Å². The van der Waals surface area contributed by atoms with Crippen LogP contribution in [0.1, 0.15) is 43.2 Å². The Bertz CT molecular complexity index is 436. The lowest BCUT2D eigenvalue weighted by Crippen LogP contribution is -2.47. The summed E-state index contributed by atoms with van der Waals surface area (Å²) in [6.45, 7) is 8.74. The van der Waals surface area contributed by atoms with Crippen molar-refractivity contribution in [1.82, 2.24) is 15.4 Å². The SMILES string of the molecule is CCCN(C(=O)Cc1c(C)noc1C)C1CCNCC1.Cl. The molecule has 1 amide bonds. The Balaban J connectivity index is 0.00000220. The van der Waals surface area contributed by atoms with Crippen molar-refractivity contribution in [3.63, 3.8) is 0 Å². The molecule has 2 rings (SSSR count). The first-order valence-corrected chi connectivity index (χ1v) is 7.55. The van der Waals surface area contributed by atoms with Crippen LogP contribution in [0, 0.1) is 13.8 Å². The van der Waals surface area contributed by atoms with Crippen LogP contribution in [-0.2, 0) is 11.2 Å². The fourth-order valence-corrected chi connectivity index (χ4v) is 2.88. The van der Waals surface area contributed by atoms with Crippen LogP contribution in [0.4, 0.5) is 0 Å². The Labute approximate surface area is 132 Å². The number of rotatable bonds is 5. The van der Waals surface area contributed by atoms with Crippen molar-refractivity contribution in [3.05, 3.63) is 17.0 Å². The lowest BCUT2D eigenvalue weighted by Gasteiger charge is -2.34. The maximum Gasteiger partial charge on any atom is 0.227 e. The second-order valence-corrected chi connectivity index (χ2v) is 5.55. The number of amides is 1. The van der Waals surface area contributed by atoms with Crippen molar-refractivity contribution in [2.75, 3.05) is 19.6 Å². The van der Waals surface area contributed by atoms with Gasteiger partial charge in [-0.05, 0) is 46.2 Å². The van der Waals surface area contributed by atoms with Gasteiger partial charge in [0.15, 0.2) is 0 Å². The molecule has 1 aromatic heterocycles. The Hall–Kier alpha value is -1.07. The third-order valence-corrected chi connectivity index (χ3v) is 4.04. The van der Waals surface area contributed by atoms with Crippen molar-refractivity contribution in [1.29, 1.82) is 0 Å². The van der Waals surface area contributed by atoms with E-state index in [1.165, 1.54) is 0 Å². The Kier molecular flexibility index (Phi) is 7.18. The molecule has 6 heteroatoms. The summed E-state index contributed by atoms with van der Waals surface area (Å²) in [6.07, 6.45) is 3.50. The average Bonchev–Trinajstić information content (AvgIpc) is 2.77. The van der Waals surface area contributed by atoms with Gasteiger partial charge in [-0.2, -0.15) is 0 Å². The largest absolute Gasteiger partial charge is 0.361 e. The monoisotopic (exact) mass is 315 g/mol. The van der Waals surface area contributed by atoms with Crippen molar-refractivity contribution >= 4 is 18.3 Å². The normalized spacial score (nSPS) is 15.6. The smallest absolute Gasteiger partial charge is 0.227 e. The number of carbonyl (C=O) groups excluding carboxylic acids is 1. The van der Waals surface area contributed by atoms with E-state index < -0.39 is 0 Å². The molecule has 120 valence electrons. The number of aryl methyl sites for hydroxylation is 2. The average molecular weight is 316 g/mol. The lowest BCUT2D eigenvalue weighted by molar-refractivity contribution is -0.133. The van der Waals surface area contributed by atoms with Gasteiger partial charge in [0.05, 0.1) is 12.1 Å². The van der Waals surface area contributed by atoms with Crippen LogP contribution in [0.3, 0.4) is 0 Å². The zero-order valence-corrected chi connectivity index (χ0v) is 14.0. The number of nitrogens with zero attached hydrogens (tertiary/aromatic N) is 2. The topological polar surface area (TPSA) is 58.4 Å². The summed E-state index contributed by atoms with van der Waals surface area (Å²) >= 11 is 0. The van der Waals surface area contributed by atoms with E-state index in [4.69, 9.17) is 4.52 Å². The zero-order chi connectivity index (χ0) is 14.5. The van der Waals surface area contributed by atoms with Gasteiger partial charge >= 0.3 is 0 Å². The molecule has 1 aliphatic rings. The first-order valence-electron chi connectivity index (χ1n) is 7.55. The van der Waals surface area contributed by atoms with Gasteiger partial charge in [0.2, 0.25) is 5.91 Å². The molecule has 0 atom stereocenters. The number of hydrogen-bond donors (Lipinski definition) is 1. The van der Waals surface area contributed by atoms with Gasteiger partial charge in [0, 0.05) is 18.2 Å².